The van der Waals surface area contributed by atoms with Crippen molar-refractivity contribution in [2.24, 2.45) is 0 Å². The number of hydrogen-bond acceptors (Lipinski definition) is 5. The number of piperazine rings is 1. The van der Waals surface area contributed by atoms with Crippen molar-refractivity contribution in [2.45, 2.75) is 0 Å². The standard InChI is InChI=1S/C26H24N8/c1-33-8-10-34(11-9-33)18-4-7-21-24(14-18)32-26(30-21)17-3-6-20-23(13-17)31-25(29-20)16-2-5-19-22(12-16)28-15-27-19/h2-7,12-15H,8-11H2,1H3,(H,27,28)(H,29,31)(H,30,32). The molecular formula is C26H24N8. The van der Waals surface area contributed by atoms with Crippen LogP contribution in [0.5, 0.6) is 0 Å². The molecule has 34 heavy (non-hydrogen) atoms. The van der Waals surface area contributed by atoms with Gasteiger partial charge in [0.2, 0.25) is 0 Å². The van der Waals surface area contributed by atoms with Crippen LogP contribution in [-0.2, 0) is 0 Å². The molecule has 0 unspecified atom stereocenters. The average Bonchev–Trinajstić information content (AvgIpc) is 3.60. The van der Waals surface area contributed by atoms with Crippen molar-refractivity contribution >= 4 is 38.8 Å². The number of hydrogen-bond donors (Lipinski definition) is 3. The molecule has 1 saturated heterocycles. The maximum atomic E-state index is 4.85. The lowest BCUT2D eigenvalue weighted by molar-refractivity contribution is 0.313. The number of nitrogens with zero attached hydrogens (tertiary/aromatic N) is 5. The van der Waals surface area contributed by atoms with Gasteiger partial charge in [-0.3, -0.25) is 0 Å². The molecule has 1 fully saturated rings. The molecule has 0 atom stereocenters. The number of likely N-dealkylation sites (N-methyl/N-ethyl adjacent to an activating group) is 1. The lowest BCUT2D eigenvalue weighted by Crippen LogP contribution is -2.44. The topological polar surface area (TPSA) is 92.5 Å². The molecule has 168 valence electrons. The third kappa shape index (κ3) is 3.22. The van der Waals surface area contributed by atoms with E-state index in [-0.39, 0.29) is 0 Å². The molecule has 6 aromatic rings. The third-order valence-electron chi connectivity index (χ3n) is 6.78. The predicted molar refractivity (Wildman–Crippen MR) is 136 cm³/mol. The van der Waals surface area contributed by atoms with Crippen LogP contribution in [0.25, 0.3) is 55.9 Å². The maximum Gasteiger partial charge on any atom is 0.138 e. The summed E-state index contributed by atoms with van der Waals surface area (Å²) in [6.07, 6.45) is 1.71. The Morgan fingerprint density at radius 2 is 1.29 bits per heavy atom. The summed E-state index contributed by atoms with van der Waals surface area (Å²) in [4.78, 5) is 28.9. The molecule has 3 aromatic carbocycles. The number of rotatable bonds is 3. The first kappa shape index (κ1) is 19.3. The lowest BCUT2D eigenvalue weighted by Gasteiger charge is -2.34. The fourth-order valence-corrected chi connectivity index (χ4v) is 4.77. The second-order valence-electron chi connectivity index (χ2n) is 9.03. The number of nitrogens with one attached hydrogen (secondary N) is 3. The van der Waals surface area contributed by atoms with E-state index in [1.165, 1.54) is 5.69 Å². The van der Waals surface area contributed by atoms with E-state index in [0.29, 0.717) is 0 Å². The molecule has 0 amide bonds. The first-order valence-corrected chi connectivity index (χ1v) is 11.6. The van der Waals surface area contributed by atoms with Crippen LogP contribution in [0.3, 0.4) is 0 Å². The molecule has 0 bridgehead atoms. The molecule has 0 saturated carbocycles. The Bertz CT molecular complexity index is 1650. The molecule has 1 aliphatic heterocycles. The Labute approximate surface area is 195 Å². The smallest absolute Gasteiger partial charge is 0.138 e. The molecule has 7 rings (SSSR count). The van der Waals surface area contributed by atoms with Gasteiger partial charge < -0.3 is 24.8 Å². The Hall–Kier alpha value is -4.17. The van der Waals surface area contributed by atoms with E-state index in [1.54, 1.807) is 6.33 Å². The van der Waals surface area contributed by atoms with Gasteiger partial charge in [-0.25, -0.2) is 15.0 Å². The van der Waals surface area contributed by atoms with Crippen molar-refractivity contribution in [3.8, 4) is 22.8 Å². The van der Waals surface area contributed by atoms with Gasteiger partial charge in [0.05, 0.1) is 39.4 Å². The van der Waals surface area contributed by atoms with Gasteiger partial charge in [0.25, 0.3) is 0 Å². The highest BCUT2D eigenvalue weighted by Crippen LogP contribution is 2.29. The van der Waals surface area contributed by atoms with E-state index in [9.17, 15) is 0 Å². The minimum Gasteiger partial charge on any atom is -0.369 e. The maximum absolute atomic E-state index is 4.85. The number of H-pyrrole nitrogens is 3. The number of anilines is 1. The summed E-state index contributed by atoms with van der Waals surface area (Å²) < 4.78 is 0. The van der Waals surface area contributed by atoms with Crippen molar-refractivity contribution in [1.82, 2.24) is 34.8 Å². The molecule has 0 radical (unpaired) electrons. The molecule has 4 heterocycles. The third-order valence-corrected chi connectivity index (χ3v) is 6.78. The van der Waals surface area contributed by atoms with Gasteiger partial charge in [-0.15, -0.1) is 0 Å². The van der Waals surface area contributed by atoms with Gasteiger partial charge in [0.1, 0.15) is 11.6 Å². The normalized spacial score (nSPS) is 15.1. The summed E-state index contributed by atoms with van der Waals surface area (Å²) in [7, 11) is 2.18. The fourth-order valence-electron chi connectivity index (χ4n) is 4.77. The highest BCUT2D eigenvalue weighted by atomic mass is 15.2. The van der Waals surface area contributed by atoms with Crippen molar-refractivity contribution in [1.29, 1.82) is 0 Å². The van der Waals surface area contributed by atoms with Gasteiger partial charge in [-0.2, -0.15) is 0 Å². The van der Waals surface area contributed by atoms with Gasteiger partial charge in [0, 0.05) is 43.0 Å². The summed E-state index contributed by atoms with van der Waals surface area (Å²) in [5.41, 5.74) is 9.20. The minimum atomic E-state index is 0.838. The molecular weight excluding hydrogens is 424 g/mol. The predicted octanol–water partition coefficient (Wildman–Crippen LogP) is 4.40. The fraction of sp³-hybridized carbons (Fsp3) is 0.192. The van der Waals surface area contributed by atoms with E-state index >= 15 is 0 Å². The summed E-state index contributed by atoms with van der Waals surface area (Å²) in [6.45, 7) is 4.28. The van der Waals surface area contributed by atoms with E-state index in [0.717, 1.165) is 82.1 Å². The van der Waals surface area contributed by atoms with Crippen LogP contribution in [0, 0.1) is 0 Å². The summed E-state index contributed by atoms with van der Waals surface area (Å²) in [5.74, 6) is 1.70. The number of benzene rings is 3. The molecule has 8 heteroatoms. The van der Waals surface area contributed by atoms with Crippen LogP contribution in [-0.4, -0.2) is 68.0 Å². The van der Waals surface area contributed by atoms with Gasteiger partial charge in [0.15, 0.2) is 0 Å². The number of imidazole rings is 3. The summed E-state index contributed by atoms with van der Waals surface area (Å²) in [6, 6.07) is 18.9. The van der Waals surface area contributed by atoms with Gasteiger partial charge in [-0.1, -0.05) is 0 Å². The lowest BCUT2D eigenvalue weighted by atomic mass is 10.2. The van der Waals surface area contributed by atoms with Crippen molar-refractivity contribution in [3.05, 3.63) is 60.9 Å². The van der Waals surface area contributed by atoms with Crippen molar-refractivity contribution in [2.75, 3.05) is 38.1 Å². The van der Waals surface area contributed by atoms with E-state index < -0.39 is 0 Å². The Balaban J connectivity index is 1.22. The van der Waals surface area contributed by atoms with Crippen LogP contribution in [0.2, 0.25) is 0 Å². The molecule has 0 aliphatic carbocycles. The zero-order valence-corrected chi connectivity index (χ0v) is 18.8. The number of fused-ring (bicyclic) bond motifs is 3. The quantitative estimate of drug-likeness (QED) is 0.373. The van der Waals surface area contributed by atoms with E-state index in [4.69, 9.17) is 9.97 Å². The van der Waals surface area contributed by atoms with Crippen molar-refractivity contribution < 1.29 is 0 Å². The van der Waals surface area contributed by atoms with Gasteiger partial charge >= 0.3 is 0 Å². The largest absolute Gasteiger partial charge is 0.369 e. The SMILES string of the molecule is CN1CCN(c2ccc3nc(-c4ccc5nc(-c6ccc7nc[nH]c7c6)[nH]c5c4)[nH]c3c2)CC1. The average molecular weight is 449 g/mol. The Morgan fingerprint density at radius 3 is 2.03 bits per heavy atom. The molecule has 8 nitrogen and oxygen atoms in total. The van der Waals surface area contributed by atoms with Crippen LogP contribution < -0.4 is 4.90 Å². The van der Waals surface area contributed by atoms with Gasteiger partial charge in [-0.05, 0) is 61.6 Å². The van der Waals surface area contributed by atoms with E-state index in [1.807, 2.05) is 18.2 Å². The zero-order valence-electron chi connectivity index (χ0n) is 18.8. The second kappa shape index (κ2) is 7.43. The number of aromatic nitrogens is 6. The van der Waals surface area contributed by atoms with E-state index in [2.05, 4.69) is 73.2 Å². The molecule has 3 aromatic heterocycles. The second-order valence-corrected chi connectivity index (χ2v) is 9.03. The monoisotopic (exact) mass is 448 g/mol. The highest BCUT2D eigenvalue weighted by molar-refractivity contribution is 5.88. The van der Waals surface area contributed by atoms with Crippen LogP contribution in [0.15, 0.2) is 60.9 Å². The summed E-state index contributed by atoms with van der Waals surface area (Å²) >= 11 is 0. The zero-order chi connectivity index (χ0) is 22.6. The Kier molecular flexibility index (Phi) is 4.22. The van der Waals surface area contributed by atoms with Crippen molar-refractivity contribution in [3.63, 3.8) is 0 Å². The molecule has 3 N–H and O–H groups in total. The minimum absolute atomic E-state index is 0.838. The molecule has 0 spiro atoms. The van der Waals surface area contributed by atoms with Crippen LogP contribution in [0.4, 0.5) is 5.69 Å². The first-order valence-electron chi connectivity index (χ1n) is 11.6. The van der Waals surface area contributed by atoms with Crippen LogP contribution in [0.1, 0.15) is 0 Å². The Morgan fingerprint density at radius 1 is 0.676 bits per heavy atom. The molecule has 1 aliphatic rings. The summed E-state index contributed by atoms with van der Waals surface area (Å²) in [5, 5.41) is 0. The highest BCUT2D eigenvalue weighted by Gasteiger charge is 2.16. The number of aromatic amines is 3. The first-order chi connectivity index (χ1) is 16.7. The van der Waals surface area contributed by atoms with Crippen LogP contribution >= 0.6 is 0 Å².